The molecule has 1 aromatic heterocycles. The Morgan fingerprint density at radius 2 is 2.04 bits per heavy atom. The van der Waals surface area contributed by atoms with Crippen LogP contribution >= 0.6 is 35.6 Å². The fraction of sp³-hybridized carbons (Fsp3) is 0.571. The van der Waals surface area contributed by atoms with Crippen molar-refractivity contribution in [2.45, 2.75) is 13.1 Å². The molecule has 0 fully saturated rings. The number of alkyl halides is 3. The number of aromatic nitrogens is 1. The van der Waals surface area contributed by atoms with Crippen LogP contribution in [-0.4, -0.2) is 50.9 Å². The van der Waals surface area contributed by atoms with Crippen LogP contribution in [0.1, 0.15) is 12.5 Å². The van der Waals surface area contributed by atoms with Crippen molar-refractivity contribution in [2.75, 3.05) is 40.0 Å². The summed E-state index contributed by atoms with van der Waals surface area (Å²) >= 11 is 5.75. The SMILES string of the molecule is CCNC(=NCCOC)NCCOc1ncc(C(F)(F)F)cc1Cl.I. The molecule has 0 unspecified atom stereocenters. The topological polar surface area (TPSA) is 67.8 Å². The number of hydrogen-bond donors (Lipinski definition) is 2. The average molecular weight is 497 g/mol. The molecule has 0 amide bonds. The zero-order valence-corrected chi connectivity index (χ0v) is 16.9. The zero-order valence-electron chi connectivity index (χ0n) is 13.8. The first-order valence-corrected chi connectivity index (χ1v) is 7.63. The van der Waals surface area contributed by atoms with Crippen molar-refractivity contribution < 1.29 is 22.6 Å². The maximum atomic E-state index is 12.5. The van der Waals surface area contributed by atoms with E-state index in [-0.39, 0.29) is 41.5 Å². The quantitative estimate of drug-likeness (QED) is 0.251. The summed E-state index contributed by atoms with van der Waals surface area (Å²) in [6.07, 6.45) is -3.80. The number of ether oxygens (including phenoxy) is 2. The van der Waals surface area contributed by atoms with Gasteiger partial charge in [0, 0.05) is 19.9 Å². The number of rotatable bonds is 8. The maximum absolute atomic E-state index is 12.5. The number of hydrogen-bond acceptors (Lipinski definition) is 4. The molecule has 1 aromatic rings. The molecule has 1 rings (SSSR count). The second kappa shape index (κ2) is 12.4. The van der Waals surface area contributed by atoms with E-state index < -0.39 is 11.7 Å². The minimum Gasteiger partial charge on any atom is -0.475 e. The van der Waals surface area contributed by atoms with Gasteiger partial charge in [-0.2, -0.15) is 13.2 Å². The van der Waals surface area contributed by atoms with Crippen LogP contribution in [0.4, 0.5) is 13.2 Å². The fourth-order valence-corrected chi connectivity index (χ4v) is 1.82. The largest absolute Gasteiger partial charge is 0.475 e. The van der Waals surface area contributed by atoms with E-state index in [0.717, 1.165) is 6.07 Å². The highest BCUT2D eigenvalue weighted by atomic mass is 127. The Kier molecular flexibility index (Phi) is 11.9. The number of aliphatic imine (C=N–C) groups is 1. The summed E-state index contributed by atoms with van der Waals surface area (Å²) in [4.78, 5) is 7.85. The summed E-state index contributed by atoms with van der Waals surface area (Å²) in [5, 5.41) is 5.86. The van der Waals surface area contributed by atoms with Gasteiger partial charge in [0.1, 0.15) is 11.6 Å². The Balaban J connectivity index is 0.00000576. The van der Waals surface area contributed by atoms with E-state index in [4.69, 9.17) is 21.1 Å². The number of methoxy groups -OCH3 is 1. The van der Waals surface area contributed by atoms with Crippen molar-refractivity contribution in [1.82, 2.24) is 15.6 Å². The third-order valence-electron chi connectivity index (χ3n) is 2.68. The number of nitrogens with zero attached hydrogens (tertiary/aromatic N) is 2. The molecule has 0 atom stereocenters. The lowest BCUT2D eigenvalue weighted by molar-refractivity contribution is -0.137. The van der Waals surface area contributed by atoms with E-state index in [1.165, 1.54) is 0 Å². The molecule has 2 N–H and O–H groups in total. The molecule has 0 bridgehead atoms. The van der Waals surface area contributed by atoms with Gasteiger partial charge in [0.15, 0.2) is 5.96 Å². The van der Waals surface area contributed by atoms with E-state index in [1.54, 1.807) is 7.11 Å². The molecule has 0 aliphatic carbocycles. The van der Waals surface area contributed by atoms with E-state index in [1.807, 2.05) is 6.92 Å². The molecule has 0 saturated carbocycles. The fourth-order valence-electron chi connectivity index (χ4n) is 1.59. The van der Waals surface area contributed by atoms with Crippen LogP contribution in [0.25, 0.3) is 0 Å². The van der Waals surface area contributed by atoms with Crippen molar-refractivity contribution >= 4 is 41.5 Å². The van der Waals surface area contributed by atoms with Crippen molar-refractivity contribution in [2.24, 2.45) is 4.99 Å². The van der Waals surface area contributed by atoms with Crippen LogP contribution in [0.15, 0.2) is 17.3 Å². The summed E-state index contributed by atoms with van der Waals surface area (Å²) in [5.74, 6) is 0.539. The number of guanidine groups is 1. The van der Waals surface area contributed by atoms with Gasteiger partial charge in [0.25, 0.3) is 0 Å². The van der Waals surface area contributed by atoms with Gasteiger partial charge in [-0.15, -0.1) is 24.0 Å². The van der Waals surface area contributed by atoms with Crippen LogP contribution in [0.2, 0.25) is 5.02 Å². The highest BCUT2D eigenvalue weighted by Crippen LogP contribution is 2.32. The second-order valence-corrected chi connectivity index (χ2v) is 4.94. The van der Waals surface area contributed by atoms with E-state index in [2.05, 4.69) is 20.6 Å². The standard InChI is InChI=1S/C14H20ClF3N4O2.HI/c1-3-19-13(20-4-6-23-2)21-5-7-24-12-11(15)8-10(9-22-12)14(16,17)18;/h8-9H,3-7H2,1-2H3,(H2,19,20,21);1H. The third-order valence-corrected chi connectivity index (χ3v) is 2.95. The number of nitrogens with one attached hydrogen (secondary N) is 2. The Morgan fingerprint density at radius 1 is 1.32 bits per heavy atom. The van der Waals surface area contributed by atoms with E-state index in [9.17, 15) is 13.2 Å². The Hall–Kier alpha value is -1.01. The molecular weight excluding hydrogens is 476 g/mol. The first-order chi connectivity index (χ1) is 11.4. The monoisotopic (exact) mass is 496 g/mol. The molecule has 0 spiro atoms. The molecule has 25 heavy (non-hydrogen) atoms. The minimum atomic E-state index is -4.49. The molecule has 11 heteroatoms. The molecule has 0 aromatic carbocycles. The Morgan fingerprint density at radius 3 is 2.60 bits per heavy atom. The molecule has 0 aliphatic heterocycles. The summed E-state index contributed by atoms with van der Waals surface area (Å²) in [6.45, 7) is 4.14. The summed E-state index contributed by atoms with van der Waals surface area (Å²) in [6, 6.07) is 0.785. The molecule has 0 saturated heterocycles. The predicted molar refractivity (Wildman–Crippen MR) is 101 cm³/mol. The van der Waals surface area contributed by atoms with Gasteiger partial charge in [-0.3, -0.25) is 4.99 Å². The van der Waals surface area contributed by atoms with Crippen molar-refractivity contribution in [3.63, 3.8) is 0 Å². The van der Waals surface area contributed by atoms with Gasteiger partial charge in [-0.05, 0) is 13.0 Å². The molecule has 0 aliphatic rings. The normalized spacial score (nSPS) is 11.7. The summed E-state index contributed by atoms with van der Waals surface area (Å²) < 4.78 is 47.7. The van der Waals surface area contributed by atoms with Crippen LogP contribution in [0.5, 0.6) is 5.88 Å². The summed E-state index contributed by atoms with van der Waals surface area (Å²) in [5.41, 5.74) is -0.919. The molecule has 0 radical (unpaired) electrons. The van der Waals surface area contributed by atoms with Crippen molar-refractivity contribution in [3.8, 4) is 5.88 Å². The van der Waals surface area contributed by atoms with Crippen LogP contribution < -0.4 is 15.4 Å². The third kappa shape index (κ3) is 9.31. The van der Waals surface area contributed by atoms with Crippen molar-refractivity contribution in [3.05, 3.63) is 22.8 Å². The zero-order chi connectivity index (χ0) is 18.0. The molecule has 144 valence electrons. The minimum absolute atomic E-state index is 0. The highest BCUT2D eigenvalue weighted by Gasteiger charge is 2.31. The van der Waals surface area contributed by atoms with Gasteiger partial charge < -0.3 is 20.1 Å². The maximum Gasteiger partial charge on any atom is 0.417 e. The van der Waals surface area contributed by atoms with Gasteiger partial charge in [0.05, 0.1) is 25.3 Å². The van der Waals surface area contributed by atoms with Crippen LogP contribution in [0, 0.1) is 0 Å². The van der Waals surface area contributed by atoms with Gasteiger partial charge in [-0.1, -0.05) is 11.6 Å². The lowest BCUT2D eigenvalue weighted by Crippen LogP contribution is -2.39. The second-order valence-electron chi connectivity index (χ2n) is 4.54. The summed E-state index contributed by atoms with van der Waals surface area (Å²) in [7, 11) is 1.59. The molecule has 1 heterocycles. The predicted octanol–water partition coefficient (Wildman–Crippen LogP) is 2.95. The first-order valence-electron chi connectivity index (χ1n) is 7.25. The van der Waals surface area contributed by atoms with Gasteiger partial charge in [-0.25, -0.2) is 4.98 Å². The Bertz CT molecular complexity index is 547. The van der Waals surface area contributed by atoms with E-state index >= 15 is 0 Å². The van der Waals surface area contributed by atoms with Crippen molar-refractivity contribution in [1.29, 1.82) is 0 Å². The van der Waals surface area contributed by atoms with Crippen LogP contribution in [0.3, 0.4) is 0 Å². The van der Waals surface area contributed by atoms with E-state index in [0.29, 0.717) is 38.4 Å². The lowest BCUT2D eigenvalue weighted by atomic mass is 10.3. The average Bonchev–Trinajstić information content (AvgIpc) is 2.51. The van der Waals surface area contributed by atoms with Gasteiger partial charge >= 0.3 is 6.18 Å². The smallest absolute Gasteiger partial charge is 0.417 e. The highest BCUT2D eigenvalue weighted by molar-refractivity contribution is 14.0. The lowest BCUT2D eigenvalue weighted by Gasteiger charge is -2.13. The molecular formula is C14H21ClF3IN4O2. The van der Waals surface area contributed by atoms with Gasteiger partial charge in [0.2, 0.25) is 5.88 Å². The Labute approximate surface area is 166 Å². The first kappa shape index (κ1) is 24.0. The molecule has 6 nitrogen and oxygen atoms in total. The van der Waals surface area contributed by atoms with Crippen LogP contribution in [-0.2, 0) is 10.9 Å². The number of pyridine rings is 1. The number of halogens is 5.